The molecule has 1 amide bonds. The molecule has 1 aliphatic carbocycles. The highest BCUT2D eigenvalue weighted by Gasteiger charge is 2.20. The highest BCUT2D eigenvalue weighted by atomic mass is 79.9. The SMILES string of the molecule is Cc1cc(/C=C(/C#N)C(=O)NC2CCCC2)c(C)n1-c1ccc(Br)c(Cl)c1. The lowest BCUT2D eigenvalue weighted by molar-refractivity contribution is -0.117. The lowest BCUT2D eigenvalue weighted by Gasteiger charge is -2.11. The van der Waals surface area contributed by atoms with E-state index in [-0.39, 0.29) is 17.5 Å². The first-order valence-corrected chi connectivity index (χ1v) is 10.1. The number of nitriles is 1. The van der Waals surface area contributed by atoms with Gasteiger partial charge in [0.25, 0.3) is 5.91 Å². The van der Waals surface area contributed by atoms with Crippen molar-refractivity contribution in [3.63, 3.8) is 0 Å². The standard InChI is InChI=1S/C21H21BrClN3O/c1-13-9-15(10-16(12-24)21(27)25-17-5-3-4-6-17)14(2)26(13)18-7-8-19(22)20(23)11-18/h7-11,17H,3-6H2,1-2H3,(H,25,27)/b16-10-. The smallest absolute Gasteiger partial charge is 0.262 e. The van der Waals surface area contributed by atoms with Crippen LogP contribution in [0.15, 0.2) is 34.3 Å². The summed E-state index contributed by atoms with van der Waals surface area (Å²) < 4.78 is 2.90. The van der Waals surface area contributed by atoms with E-state index in [1.54, 1.807) is 6.08 Å². The third kappa shape index (κ3) is 4.28. The van der Waals surface area contributed by atoms with Gasteiger partial charge in [0.1, 0.15) is 11.6 Å². The number of aryl methyl sites for hydroxylation is 1. The molecule has 1 aromatic heterocycles. The zero-order valence-corrected chi connectivity index (χ0v) is 17.7. The summed E-state index contributed by atoms with van der Waals surface area (Å²) in [4.78, 5) is 12.5. The predicted molar refractivity (Wildman–Crippen MR) is 112 cm³/mol. The molecule has 2 aromatic rings. The van der Waals surface area contributed by atoms with E-state index < -0.39 is 0 Å². The molecule has 0 saturated heterocycles. The van der Waals surface area contributed by atoms with Crippen LogP contribution < -0.4 is 5.32 Å². The highest BCUT2D eigenvalue weighted by molar-refractivity contribution is 9.10. The molecule has 0 radical (unpaired) electrons. The highest BCUT2D eigenvalue weighted by Crippen LogP contribution is 2.28. The van der Waals surface area contributed by atoms with Gasteiger partial charge in [-0.25, -0.2) is 0 Å². The largest absolute Gasteiger partial charge is 0.349 e. The Hall–Kier alpha value is -2.03. The summed E-state index contributed by atoms with van der Waals surface area (Å²) in [6, 6.07) is 9.98. The van der Waals surface area contributed by atoms with Crippen molar-refractivity contribution < 1.29 is 4.79 Å². The summed E-state index contributed by atoms with van der Waals surface area (Å²) in [6.45, 7) is 3.96. The van der Waals surface area contributed by atoms with Crippen molar-refractivity contribution in [2.75, 3.05) is 0 Å². The van der Waals surface area contributed by atoms with Gasteiger partial charge in [-0.05, 0) is 78.5 Å². The second-order valence-electron chi connectivity index (χ2n) is 6.88. The molecule has 1 heterocycles. The minimum absolute atomic E-state index is 0.135. The van der Waals surface area contributed by atoms with E-state index in [0.29, 0.717) is 5.02 Å². The molecule has 1 aromatic carbocycles. The van der Waals surface area contributed by atoms with Gasteiger partial charge in [0.2, 0.25) is 0 Å². The third-order valence-electron chi connectivity index (χ3n) is 4.99. The minimum atomic E-state index is -0.291. The molecule has 1 fully saturated rings. The van der Waals surface area contributed by atoms with Crippen LogP contribution in [0, 0.1) is 25.2 Å². The van der Waals surface area contributed by atoms with Crippen molar-refractivity contribution in [2.45, 2.75) is 45.6 Å². The van der Waals surface area contributed by atoms with Crippen LogP contribution in [0.4, 0.5) is 0 Å². The Labute approximate surface area is 173 Å². The Kier molecular flexibility index (Phi) is 6.08. The number of nitrogens with one attached hydrogen (secondary N) is 1. The van der Waals surface area contributed by atoms with Gasteiger partial charge in [0.15, 0.2) is 0 Å². The first-order valence-electron chi connectivity index (χ1n) is 8.97. The molecule has 0 aliphatic heterocycles. The predicted octanol–water partition coefficient (Wildman–Crippen LogP) is 5.48. The molecule has 0 spiro atoms. The van der Waals surface area contributed by atoms with E-state index in [0.717, 1.165) is 52.8 Å². The summed E-state index contributed by atoms with van der Waals surface area (Å²) in [5.74, 6) is -0.291. The molecule has 4 nitrogen and oxygen atoms in total. The van der Waals surface area contributed by atoms with Crippen LogP contribution in [-0.4, -0.2) is 16.5 Å². The van der Waals surface area contributed by atoms with Crippen molar-refractivity contribution in [3.05, 3.63) is 56.3 Å². The monoisotopic (exact) mass is 445 g/mol. The Morgan fingerprint density at radius 1 is 1.33 bits per heavy atom. The maximum atomic E-state index is 12.5. The van der Waals surface area contributed by atoms with Gasteiger partial charge in [-0.1, -0.05) is 24.4 Å². The lowest BCUT2D eigenvalue weighted by Crippen LogP contribution is -2.33. The first-order chi connectivity index (χ1) is 12.9. The molecule has 0 atom stereocenters. The average molecular weight is 447 g/mol. The number of hydrogen-bond donors (Lipinski definition) is 1. The minimum Gasteiger partial charge on any atom is -0.349 e. The van der Waals surface area contributed by atoms with Crippen molar-refractivity contribution in [1.82, 2.24) is 9.88 Å². The zero-order chi connectivity index (χ0) is 19.6. The number of aromatic nitrogens is 1. The molecule has 0 bridgehead atoms. The molecule has 0 unspecified atom stereocenters. The van der Waals surface area contributed by atoms with Crippen LogP contribution in [0.2, 0.25) is 5.02 Å². The quantitative estimate of drug-likeness (QED) is 0.499. The van der Waals surface area contributed by atoms with Gasteiger partial charge in [-0.2, -0.15) is 5.26 Å². The zero-order valence-electron chi connectivity index (χ0n) is 15.4. The van der Waals surface area contributed by atoms with Gasteiger partial charge in [0, 0.05) is 27.6 Å². The van der Waals surface area contributed by atoms with E-state index in [4.69, 9.17) is 11.6 Å². The van der Waals surface area contributed by atoms with Gasteiger partial charge in [-0.3, -0.25) is 4.79 Å². The Bertz CT molecular complexity index is 949. The molecule has 1 N–H and O–H groups in total. The number of carbonyl (C=O) groups is 1. The fourth-order valence-electron chi connectivity index (χ4n) is 3.59. The molecule has 1 aliphatic rings. The van der Waals surface area contributed by atoms with Gasteiger partial charge < -0.3 is 9.88 Å². The fourth-order valence-corrected chi connectivity index (χ4v) is 4.01. The Morgan fingerprint density at radius 3 is 2.67 bits per heavy atom. The normalized spacial score (nSPS) is 15.0. The summed E-state index contributed by atoms with van der Waals surface area (Å²) in [7, 11) is 0. The molecule has 140 valence electrons. The van der Waals surface area contributed by atoms with Crippen LogP contribution in [0.25, 0.3) is 11.8 Å². The number of amides is 1. The van der Waals surface area contributed by atoms with Gasteiger partial charge in [0.05, 0.1) is 5.02 Å². The molecule has 1 saturated carbocycles. The summed E-state index contributed by atoms with van der Waals surface area (Å²) in [5.41, 5.74) is 3.88. The van der Waals surface area contributed by atoms with E-state index in [1.165, 1.54) is 0 Å². The van der Waals surface area contributed by atoms with E-state index >= 15 is 0 Å². The van der Waals surface area contributed by atoms with Gasteiger partial charge in [-0.15, -0.1) is 0 Å². The number of benzene rings is 1. The fraction of sp³-hybridized carbons (Fsp3) is 0.333. The van der Waals surface area contributed by atoms with E-state index in [2.05, 4.69) is 25.8 Å². The lowest BCUT2D eigenvalue weighted by atomic mass is 10.1. The molecule has 3 rings (SSSR count). The molecular weight excluding hydrogens is 426 g/mol. The van der Waals surface area contributed by atoms with Crippen molar-refractivity contribution in [1.29, 1.82) is 5.26 Å². The van der Waals surface area contributed by atoms with Gasteiger partial charge >= 0.3 is 0 Å². The van der Waals surface area contributed by atoms with E-state index in [1.807, 2.05) is 44.2 Å². The number of rotatable bonds is 4. The molecule has 6 heteroatoms. The topological polar surface area (TPSA) is 57.8 Å². The maximum absolute atomic E-state index is 12.5. The van der Waals surface area contributed by atoms with Crippen LogP contribution in [0.5, 0.6) is 0 Å². The summed E-state index contributed by atoms with van der Waals surface area (Å²) in [5, 5.41) is 13.1. The summed E-state index contributed by atoms with van der Waals surface area (Å²) in [6.07, 6.45) is 5.91. The Morgan fingerprint density at radius 2 is 2.04 bits per heavy atom. The second-order valence-corrected chi connectivity index (χ2v) is 8.15. The maximum Gasteiger partial charge on any atom is 0.262 e. The molecule has 27 heavy (non-hydrogen) atoms. The number of carbonyl (C=O) groups excluding carboxylic acids is 1. The van der Waals surface area contributed by atoms with Crippen LogP contribution in [-0.2, 0) is 4.79 Å². The first kappa shape index (κ1) is 19.7. The van der Waals surface area contributed by atoms with Crippen LogP contribution >= 0.6 is 27.5 Å². The number of nitrogens with zero attached hydrogens (tertiary/aromatic N) is 2. The second kappa shape index (κ2) is 8.33. The van der Waals surface area contributed by atoms with Crippen molar-refractivity contribution in [3.8, 4) is 11.8 Å². The van der Waals surface area contributed by atoms with Crippen LogP contribution in [0.3, 0.4) is 0 Å². The van der Waals surface area contributed by atoms with Crippen molar-refractivity contribution in [2.24, 2.45) is 0 Å². The third-order valence-corrected chi connectivity index (χ3v) is 6.22. The van der Waals surface area contributed by atoms with Crippen LogP contribution in [0.1, 0.15) is 42.6 Å². The average Bonchev–Trinajstić information content (AvgIpc) is 3.23. The van der Waals surface area contributed by atoms with E-state index in [9.17, 15) is 10.1 Å². The number of halogens is 2. The Balaban J connectivity index is 1.92. The van der Waals surface area contributed by atoms with Crippen molar-refractivity contribution >= 4 is 39.5 Å². The summed E-state index contributed by atoms with van der Waals surface area (Å²) >= 11 is 9.64. The molecular formula is C21H21BrClN3O. The number of hydrogen-bond acceptors (Lipinski definition) is 2.